The molecule has 0 aromatic heterocycles. The van der Waals surface area contributed by atoms with Gasteiger partial charge in [-0.05, 0) is 30.0 Å². The van der Waals surface area contributed by atoms with Crippen LogP contribution in [-0.2, 0) is 12.8 Å². The van der Waals surface area contributed by atoms with Crippen molar-refractivity contribution < 1.29 is 4.74 Å². The van der Waals surface area contributed by atoms with Gasteiger partial charge in [0.25, 0.3) is 0 Å². The van der Waals surface area contributed by atoms with Crippen LogP contribution in [0.15, 0.2) is 30.9 Å². The normalized spacial score (nSPS) is 9.33. The van der Waals surface area contributed by atoms with Gasteiger partial charge in [0.05, 0.1) is 7.11 Å². The average Bonchev–Trinajstić information content (AvgIpc) is 2.27. The van der Waals surface area contributed by atoms with E-state index in [0.29, 0.717) is 0 Å². The Bertz CT molecular complexity index is 371. The standard InChI is InChI=1S/C14H16O/c1-4-6-8-13-10-9-12(7-5-2)11-14(13)15-3/h1,5,9-11H,2,6-8H2,3H3. The van der Waals surface area contributed by atoms with Gasteiger partial charge in [-0.25, -0.2) is 0 Å². The average molecular weight is 200 g/mol. The van der Waals surface area contributed by atoms with Crippen LogP contribution in [0.2, 0.25) is 0 Å². The van der Waals surface area contributed by atoms with E-state index in [0.717, 1.165) is 25.0 Å². The van der Waals surface area contributed by atoms with Crippen molar-refractivity contribution in [3.8, 4) is 18.1 Å². The summed E-state index contributed by atoms with van der Waals surface area (Å²) in [5, 5.41) is 0. The predicted octanol–water partition coefficient (Wildman–Crippen LogP) is 2.99. The first kappa shape index (κ1) is 11.4. The highest BCUT2D eigenvalue weighted by Crippen LogP contribution is 2.21. The molecule has 0 aliphatic heterocycles. The molecule has 0 amide bonds. The molecule has 0 radical (unpaired) electrons. The SMILES string of the molecule is C#CCCc1ccc(CC=C)cc1OC. The number of hydrogen-bond donors (Lipinski definition) is 0. The van der Waals surface area contributed by atoms with Crippen molar-refractivity contribution in [2.45, 2.75) is 19.3 Å². The van der Waals surface area contributed by atoms with Gasteiger partial charge in [-0.15, -0.1) is 18.9 Å². The minimum Gasteiger partial charge on any atom is -0.496 e. The van der Waals surface area contributed by atoms with Gasteiger partial charge in [0.2, 0.25) is 0 Å². The molecule has 0 heterocycles. The second-order valence-electron chi connectivity index (χ2n) is 3.34. The van der Waals surface area contributed by atoms with Gasteiger partial charge < -0.3 is 4.74 Å². The molecule has 0 fully saturated rings. The lowest BCUT2D eigenvalue weighted by Gasteiger charge is -2.08. The van der Waals surface area contributed by atoms with Crippen molar-refractivity contribution >= 4 is 0 Å². The van der Waals surface area contributed by atoms with E-state index >= 15 is 0 Å². The maximum Gasteiger partial charge on any atom is 0.122 e. The van der Waals surface area contributed by atoms with E-state index in [2.05, 4.69) is 24.6 Å². The number of benzene rings is 1. The first-order valence-electron chi connectivity index (χ1n) is 5.02. The zero-order valence-electron chi connectivity index (χ0n) is 9.12. The fourth-order valence-corrected chi connectivity index (χ4v) is 1.50. The molecule has 0 N–H and O–H groups in total. The molecule has 1 rings (SSSR count). The number of allylic oxidation sites excluding steroid dienone is 1. The first-order chi connectivity index (χ1) is 7.31. The van der Waals surface area contributed by atoms with E-state index in [9.17, 15) is 0 Å². The lowest BCUT2D eigenvalue weighted by atomic mass is 10.0. The van der Waals surface area contributed by atoms with Gasteiger partial charge in [-0.2, -0.15) is 0 Å². The number of ether oxygens (including phenoxy) is 1. The highest BCUT2D eigenvalue weighted by Gasteiger charge is 2.02. The van der Waals surface area contributed by atoms with Crippen molar-refractivity contribution in [3.63, 3.8) is 0 Å². The Morgan fingerprint density at radius 3 is 2.93 bits per heavy atom. The molecule has 0 saturated heterocycles. The number of hydrogen-bond acceptors (Lipinski definition) is 1. The third-order valence-corrected chi connectivity index (χ3v) is 2.27. The molecule has 0 unspecified atom stereocenters. The van der Waals surface area contributed by atoms with Crippen LogP contribution in [0, 0.1) is 12.3 Å². The summed E-state index contributed by atoms with van der Waals surface area (Å²) in [7, 11) is 1.69. The van der Waals surface area contributed by atoms with Crippen molar-refractivity contribution in [2.24, 2.45) is 0 Å². The van der Waals surface area contributed by atoms with Crippen molar-refractivity contribution in [2.75, 3.05) is 7.11 Å². The Balaban J connectivity index is 2.88. The minimum absolute atomic E-state index is 0.747. The smallest absolute Gasteiger partial charge is 0.122 e. The van der Waals surface area contributed by atoms with Crippen LogP contribution >= 0.6 is 0 Å². The molecule has 0 spiro atoms. The van der Waals surface area contributed by atoms with E-state index in [1.807, 2.05) is 12.1 Å². The summed E-state index contributed by atoms with van der Waals surface area (Å²) in [6, 6.07) is 6.22. The molecule has 1 nitrogen and oxygen atoms in total. The Hall–Kier alpha value is -1.68. The molecule has 1 heteroatoms. The molecule has 1 aromatic rings. The van der Waals surface area contributed by atoms with E-state index < -0.39 is 0 Å². The summed E-state index contributed by atoms with van der Waals surface area (Å²) in [6.45, 7) is 3.72. The monoisotopic (exact) mass is 200 g/mol. The van der Waals surface area contributed by atoms with Crippen LogP contribution in [0.1, 0.15) is 17.5 Å². The van der Waals surface area contributed by atoms with E-state index in [1.165, 1.54) is 11.1 Å². The molecule has 0 saturated carbocycles. The molecule has 1 aromatic carbocycles. The second-order valence-corrected chi connectivity index (χ2v) is 3.34. The number of methoxy groups -OCH3 is 1. The van der Waals surface area contributed by atoms with E-state index in [1.54, 1.807) is 7.11 Å². The van der Waals surface area contributed by atoms with Crippen LogP contribution < -0.4 is 4.74 Å². The maximum atomic E-state index is 5.33. The molecule has 0 aliphatic rings. The largest absolute Gasteiger partial charge is 0.496 e. The quantitative estimate of drug-likeness (QED) is 0.524. The van der Waals surface area contributed by atoms with Gasteiger partial charge in [0, 0.05) is 6.42 Å². The zero-order chi connectivity index (χ0) is 11.1. The summed E-state index contributed by atoms with van der Waals surface area (Å²) >= 11 is 0. The van der Waals surface area contributed by atoms with Crippen LogP contribution in [0.4, 0.5) is 0 Å². The second kappa shape index (κ2) is 5.93. The Labute approximate surface area is 91.8 Å². The molecule has 0 bridgehead atoms. The highest BCUT2D eigenvalue weighted by molar-refractivity contribution is 5.38. The summed E-state index contributed by atoms with van der Waals surface area (Å²) in [5.41, 5.74) is 2.38. The van der Waals surface area contributed by atoms with Crippen molar-refractivity contribution in [1.82, 2.24) is 0 Å². The summed E-state index contributed by atoms with van der Waals surface area (Å²) in [6.07, 6.45) is 9.61. The molecule has 15 heavy (non-hydrogen) atoms. The van der Waals surface area contributed by atoms with Gasteiger partial charge in [-0.1, -0.05) is 18.2 Å². The third kappa shape index (κ3) is 3.18. The summed E-state index contributed by atoms with van der Waals surface area (Å²) in [5.74, 6) is 3.56. The van der Waals surface area contributed by atoms with E-state index in [4.69, 9.17) is 11.2 Å². The number of rotatable bonds is 5. The van der Waals surface area contributed by atoms with Crippen LogP contribution in [0.3, 0.4) is 0 Å². The first-order valence-corrected chi connectivity index (χ1v) is 5.02. The highest BCUT2D eigenvalue weighted by atomic mass is 16.5. The van der Waals surface area contributed by atoms with Crippen molar-refractivity contribution in [3.05, 3.63) is 42.0 Å². The van der Waals surface area contributed by atoms with Gasteiger partial charge in [0.1, 0.15) is 5.75 Å². The van der Waals surface area contributed by atoms with Gasteiger partial charge in [0.15, 0.2) is 0 Å². The van der Waals surface area contributed by atoms with Gasteiger partial charge in [-0.3, -0.25) is 0 Å². The molecule has 78 valence electrons. The molecular weight excluding hydrogens is 184 g/mol. The predicted molar refractivity (Wildman–Crippen MR) is 64.0 cm³/mol. The van der Waals surface area contributed by atoms with Crippen molar-refractivity contribution in [1.29, 1.82) is 0 Å². The van der Waals surface area contributed by atoms with Crippen LogP contribution in [-0.4, -0.2) is 7.11 Å². The number of aryl methyl sites for hydroxylation is 1. The summed E-state index contributed by atoms with van der Waals surface area (Å²) in [4.78, 5) is 0. The summed E-state index contributed by atoms with van der Waals surface area (Å²) < 4.78 is 5.33. The lowest BCUT2D eigenvalue weighted by molar-refractivity contribution is 0.409. The zero-order valence-corrected chi connectivity index (χ0v) is 9.12. The molecule has 0 atom stereocenters. The fraction of sp³-hybridized carbons (Fsp3) is 0.286. The molecular formula is C14H16O. The Morgan fingerprint density at radius 2 is 2.33 bits per heavy atom. The minimum atomic E-state index is 0.747. The molecule has 0 aliphatic carbocycles. The number of terminal acetylenes is 1. The van der Waals surface area contributed by atoms with E-state index in [-0.39, 0.29) is 0 Å². The van der Waals surface area contributed by atoms with Gasteiger partial charge >= 0.3 is 0 Å². The topological polar surface area (TPSA) is 9.23 Å². The fourth-order valence-electron chi connectivity index (χ4n) is 1.50. The maximum absolute atomic E-state index is 5.33. The van der Waals surface area contributed by atoms with Crippen LogP contribution in [0.5, 0.6) is 5.75 Å². The third-order valence-electron chi connectivity index (χ3n) is 2.27. The Kier molecular flexibility index (Phi) is 4.50. The van der Waals surface area contributed by atoms with Crippen LogP contribution in [0.25, 0.3) is 0 Å². The Morgan fingerprint density at radius 1 is 1.53 bits per heavy atom. The lowest BCUT2D eigenvalue weighted by Crippen LogP contribution is -1.93.